The Balaban J connectivity index is 2.04. The van der Waals surface area contributed by atoms with Crippen LogP contribution in [0.5, 0.6) is 5.75 Å². The van der Waals surface area contributed by atoms with Gasteiger partial charge in [-0.25, -0.2) is 4.68 Å². The molecule has 0 atom stereocenters. The maximum Gasteiger partial charge on any atom is 0.284 e. The number of carbonyl (C=O) groups excluding carboxylic acids is 1. The van der Waals surface area contributed by atoms with Gasteiger partial charge in [0.05, 0.1) is 10.2 Å². The van der Waals surface area contributed by atoms with Crippen LogP contribution >= 0.6 is 15.9 Å². The van der Waals surface area contributed by atoms with Gasteiger partial charge in [0, 0.05) is 5.69 Å². The molecule has 0 saturated carbocycles. The lowest BCUT2D eigenvalue weighted by Crippen LogP contribution is -2.22. The predicted molar refractivity (Wildman–Crippen MR) is 119 cm³/mol. The summed E-state index contributed by atoms with van der Waals surface area (Å²) in [6.45, 7) is 12.6. The van der Waals surface area contributed by atoms with Crippen molar-refractivity contribution in [3.63, 3.8) is 0 Å². The van der Waals surface area contributed by atoms with Crippen molar-refractivity contribution in [2.75, 3.05) is 6.61 Å². The number of aromatic nitrogens is 2. The van der Waals surface area contributed by atoms with Crippen LogP contribution in [0.1, 0.15) is 80.7 Å². The minimum Gasteiger partial charge on any atom is -0.483 e. The largest absolute Gasteiger partial charge is 0.483 e. The summed E-state index contributed by atoms with van der Waals surface area (Å²) in [6, 6.07) is 6.01. The van der Waals surface area contributed by atoms with Crippen molar-refractivity contribution in [2.24, 2.45) is 0 Å². The zero-order chi connectivity index (χ0) is 20.9. The molecule has 1 heterocycles. The van der Waals surface area contributed by atoms with Crippen molar-refractivity contribution in [2.45, 2.75) is 79.1 Å². The average molecular weight is 449 g/mol. The summed E-state index contributed by atoms with van der Waals surface area (Å²) in [7, 11) is 0. The summed E-state index contributed by atoms with van der Waals surface area (Å²) in [5, 5.41) is 4.47. The van der Waals surface area contributed by atoms with E-state index in [1.165, 1.54) is 35.1 Å². The second-order valence-electron chi connectivity index (χ2n) is 8.45. The number of benzene rings is 1. The van der Waals surface area contributed by atoms with Gasteiger partial charge in [0.15, 0.2) is 6.61 Å². The van der Waals surface area contributed by atoms with E-state index in [0.717, 1.165) is 28.7 Å². The van der Waals surface area contributed by atoms with Crippen LogP contribution in [0.4, 0.5) is 0 Å². The van der Waals surface area contributed by atoms with Gasteiger partial charge >= 0.3 is 0 Å². The monoisotopic (exact) mass is 448 g/mol. The topological polar surface area (TPSA) is 44.1 Å². The minimum absolute atomic E-state index is 0.0370. The van der Waals surface area contributed by atoms with Gasteiger partial charge in [-0.2, -0.15) is 5.10 Å². The summed E-state index contributed by atoms with van der Waals surface area (Å²) in [5.41, 5.74) is 4.35. The first kappa shape index (κ1) is 22.7. The molecule has 0 bridgehead atoms. The third-order valence-corrected chi connectivity index (χ3v) is 5.73. The van der Waals surface area contributed by atoms with Crippen molar-refractivity contribution in [3.8, 4) is 5.75 Å². The molecule has 154 valence electrons. The Morgan fingerprint density at radius 1 is 1.18 bits per heavy atom. The minimum atomic E-state index is -0.146. The molecule has 2 rings (SSSR count). The van der Waals surface area contributed by atoms with Crippen molar-refractivity contribution < 1.29 is 9.53 Å². The zero-order valence-corrected chi connectivity index (χ0v) is 19.6. The molecule has 0 radical (unpaired) electrons. The van der Waals surface area contributed by atoms with E-state index in [4.69, 9.17) is 4.74 Å². The highest BCUT2D eigenvalue weighted by Crippen LogP contribution is 2.31. The SMILES string of the molecule is CCCCCCc1c(C)nn(C(=O)COc2ccc(C(C)(C)C)cc2Br)c1C. The third kappa shape index (κ3) is 5.69. The van der Waals surface area contributed by atoms with E-state index in [9.17, 15) is 4.79 Å². The van der Waals surface area contributed by atoms with Crippen LogP contribution in [0.2, 0.25) is 0 Å². The molecular weight excluding hydrogens is 416 g/mol. The quantitative estimate of drug-likeness (QED) is 0.438. The van der Waals surface area contributed by atoms with Crippen LogP contribution in [-0.4, -0.2) is 22.3 Å². The van der Waals surface area contributed by atoms with Gasteiger partial charge in [0.25, 0.3) is 5.91 Å². The number of aryl methyl sites for hydroxylation is 1. The Morgan fingerprint density at radius 3 is 2.50 bits per heavy atom. The second-order valence-corrected chi connectivity index (χ2v) is 9.30. The Morgan fingerprint density at radius 2 is 1.89 bits per heavy atom. The van der Waals surface area contributed by atoms with Crippen LogP contribution in [0.15, 0.2) is 22.7 Å². The van der Waals surface area contributed by atoms with Crippen molar-refractivity contribution in [1.82, 2.24) is 9.78 Å². The highest BCUT2D eigenvalue weighted by atomic mass is 79.9. The van der Waals surface area contributed by atoms with E-state index in [2.05, 4.69) is 54.8 Å². The maximum absolute atomic E-state index is 12.7. The van der Waals surface area contributed by atoms with Gasteiger partial charge in [-0.1, -0.05) is 53.0 Å². The van der Waals surface area contributed by atoms with Gasteiger partial charge < -0.3 is 4.74 Å². The molecule has 4 nitrogen and oxygen atoms in total. The molecule has 0 N–H and O–H groups in total. The predicted octanol–water partition coefficient (Wildman–Crippen LogP) is 6.40. The molecule has 28 heavy (non-hydrogen) atoms. The smallest absolute Gasteiger partial charge is 0.284 e. The molecule has 0 fully saturated rings. The maximum atomic E-state index is 12.7. The molecule has 0 aliphatic heterocycles. The Bertz CT molecular complexity index is 819. The molecule has 0 amide bonds. The highest BCUT2D eigenvalue weighted by molar-refractivity contribution is 9.10. The molecule has 5 heteroatoms. The fourth-order valence-electron chi connectivity index (χ4n) is 3.29. The molecule has 1 aromatic carbocycles. The number of carbonyl (C=O) groups is 1. The molecule has 0 aliphatic carbocycles. The van der Waals surface area contributed by atoms with Crippen LogP contribution < -0.4 is 4.74 Å². The molecule has 0 spiro atoms. The summed E-state index contributed by atoms with van der Waals surface area (Å²) >= 11 is 3.56. The van der Waals surface area contributed by atoms with Crippen LogP contribution in [-0.2, 0) is 11.8 Å². The average Bonchev–Trinajstić information content (AvgIpc) is 2.91. The lowest BCUT2D eigenvalue weighted by molar-refractivity contribution is 0.0817. The first-order valence-corrected chi connectivity index (χ1v) is 11.0. The zero-order valence-electron chi connectivity index (χ0n) is 18.1. The summed E-state index contributed by atoms with van der Waals surface area (Å²) in [4.78, 5) is 12.7. The van der Waals surface area contributed by atoms with Gasteiger partial charge in [-0.3, -0.25) is 4.79 Å². The number of nitrogens with zero attached hydrogens (tertiary/aromatic N) is 2. The molecule has 0 aliphatic rings. The summed E-state index contributed by atoms with van der Waals surface area (Å²) in [5.74, 6) is 0.523. The van der Waals surface area contributed by atoms with Crippen molar-refractivity contribution >= 4 is 21.8 Å². The van der Waals surface area contributed by atoms with Crippen LogP contribution in [0, 0.1) is 13.8 Å². The molecule has 2 aromatic rings. The summed E-state index contributed by atoms with van der Waals surface area (Å²) < 4.78 is 8.14. The molecule has 0 unspecified atom stereocenters. The van der Waals surface area contributed by atoms with Crippen molar-refractivity contribution in [1.29, 1.82) is 0 Å². The molecular formula is C23H33BrN2O2. The number of hydrogen-bond acceptors (Lipinski definition) is 3. The number of unbranched alkanes of at least 4 members (excludes halogenated alkanes) is 3. The highest BCUT2D eigenvalue weighted by Gasteiger charge is 2.18. The van der Waals surface area contributed by atoms with Gasteiger partial charge in [-0.15, -0.1) is 0 Å². The van der Waals surface area contributed by atoms with E-state index in [-0.39, 0.29) is 17.9 Å². The van der Waals surface area contributed by atoms with E-state index < -0.39 is 0 Å². The lowest BCUT2D eigenvalue weighted by Gasteiger charge is -2.20. The van der Waals surface area contributed by atoms with E-state index in [1.807, 2.05) is 26.0 Å². The van der Waals surface area contributed by atoms with E-state index >= 15 is 0 Å². The number of hydrogen-bond donors (Lipinski definition) is 0. The number of ether oxygens (including phenoxy) is 1. The summed E-state index contributed by atoms with van der Waals surface area (Å²) in [6.07, 6.45) is 5.81. The first-order chi connectivity index (χ1) is 13.1. The Kier molecular flexibility index (Phi) is 7.87. The first-order valence-electron chi connectivity index (χ1n) is 10.2. The fourth-order valence-corrected chi connectivity index (χ4v) is 3.79. The van der Waals surface area contributed by atoms with Crippen LogP contribution in [0.25, 0.3) is 0 Å². The molecule has 0 saturated heterocycles. The number of halogens is 1. The fraction of sp³-hybridized carbons (Fsp3) is 0.565. The van der Waals surface area contributed by atoms with Crippen molar-refractivity contribution in [3.05, 3.63) is 45.2 Å². The van der Waals surface area contributed by atoms with Gasteiger partial charge in [0.1, 0.15) is 5.75 Å². The standard InChI is InChI=1S/C23H33BrN2O2/c1-7-8-9-10-11-19-16(2)25-26(17(19)3)22(27)15-28-21-13-12-18(14-20(21)24)23(4,5)6/h12-14H,7-11,15H2,1-6H3. The van der Waals surface area contributed by atoms with Gasteiger partial charge in [0.2, 0.25) is 0 Å². The van der Waals surface area contributed by atoms with E-state index in [0.29, 0.717) is 5.75 Å². The van der Waals surface area contributed by atoms with Gasteiger partial charge in [-0.05, 0) is 71.3 Å². The number of rotatable bonds is 8. The Labute approximate surface area is 177 Å². The van der Waals surface area contributed by atoms with E-state index in [1.54, 1.807) is 0 Å². The normalized spacial score (nSPS) is 11.7. The Hall–Kier alpha value is -1.62. The van der Waals surface area contributed by atoms with Crippen LogP contribution in [0.3, 0.4) is 0 Å². The second kappa shape index (κ2) is 9.73. The third-order valence-electron chi connectivity index (χ3n) is 5.11. The molecule has 1 aromatic heterocycles. The lowest BCUT2D eigenvalue weighted by atomic mass is 9.87.